The fraction of sp³-hybridized carbons (Fsp3) is 0.424. The van der Waals surface area contributed by atoms with Gasteiger partial charge in [-0.05, 0) is 73.7 Å². The Labute approximate surface area is 243 Å². The maximum Gasteiger partial charge on any atom is 0.408 e. The van der Waals surface area contributed by atoms with Crippen LogP contribution in [0.3, 0.4) is 0 Å². The van der Waals surface area contributed by atoms with Gasteiger partial charge in [-0.3, -0.25) is 9.59 Å². The number of rotatable bonds is 11. The topological polar surface area (TPSA) is 108 Å². The van der Waals surface area contributed by atoms with Gasteiger partial charge in [0.05, 0.1) is 0 Å². The molecule has 3 aromatic carbocycles. The van der Waals surface area contributed by atoms with Crippen LogP contribution >= 0.6 is 0 Å². The lowest BCUT2D eigenvalue weighted by Crippen LogP contribution is -2.55. The first-order valence-corrected chi connectivity index (χ1v) is 14.3. The van der Waals surface area contributed by atoms with Gasteiger partial charge in [0.15, 0.2) is 0 Å². The lowest BCUT2D eigenvalue weighted by molar-refractivity contribution is -0.142. The highest BCUT2D eigenvalue weighted by molar-refractivity contribution is 6.00. The summed E-state index contributed by atoms with van der Waals surface area (Å²) in [5, 5.41) is 18.1. The lowest BCUT2D eigenvalue weighted by atomic mass is 9.95. The highest BCUT2D eigenvalue weighted by atomic mass is 16.6. The highest BCUT2D eigenvalue weighted by Gasteiger charge is 2.38. The van der Waals surface area contributed by atoms with E-state index in [-0.39, 0.29) is 24.1 Å². The summed E-state index contributed by atoms with van der Waals surface area (Å²) in [7, 11) is 0. The molecule has 3 N–H and O–H groups in total. The van der Waals surface area contributed by atoms with Gasteiger partial charge in [-0.15, -0.1) is 0 Å². The number of hydrogen-bond acceptors (Lipinski definition) is 5. The van der Waals surface area contributed by atoms with Crippen molar-refractivity contribution >= 4 is 34.4 Å². The van der Waals surface area contributed by atoms with Crippen LogP contribution in [0.2, 0.25) is 0 Å². The second kappa shape index (κ2) is 14.0. The fourth-order valence-corrected chi connectivity index (χ4v) is 4.64. The first kappa shape index (κ1) is 31.5. The summed E-state index contributed by atoms with van der Waals surface area (Å²) < 4.78 is 5.46. The molecule has 0 heterocycles. The van der Waals surface area contributed by atoms with Crippen molar-refractivity contribution < 1.29 is 24.2 Å². The predicted molar refractivity (Wildman–Crippen MR) is 163 cm³/mol. The van der Waals surface area contributed by atoms with Crippen molar-refractivity contribution in [1.82, 2.24) is 10.2 Å². The summed E-state index contributed by atoms with van der Waals surface area (Å²) in [6.45, 7) is 11.4. The summed E-state index contributed by atoms with van der Waals surface area (Å²) >= 11 is 0. The van der Waals surface area contributed by atoms with E-state index in [2.05, 4.69) is 10.6 Å². The normalized spacial score (nSPS) is 13.6. The molecule has 3 unspecified atom stereocenters. The standard InChI is InChI=1S/C33H43N3O5/c1-7-9-19-36(31(39)28(22(3)8-2)35-32(40)41-33(4,5)6)29(25-15-12-16-27(37)21-25)30(38)34-26-18-17-23-13-10-11-14-24(23)20-26/h10-18,20-22,28-29,37H,7-9,19H2,1-6H3,(H,34,38)(H,35,40). The Morgan fingerprint density at radius 1 is 0.951 bits per heavy atom. The molecular weight excluding hydrogens is 518 g/mol. The number of carbonyl (C=O) groups is 3. The summed E-state index contributed by atoms with van der Waals surface area (Å²) in [4.78, 5) is 42.6. The first-order valence-electron chi connectivity index (χ1n) is 14.3. The molecule has 41 heavy (non-hydrogen) atoms. The van der Waals surface area contributed by atoms with E-state index in [1.54, 1.807) is 32.9 Å². The number of nitrogens with one attached hydrogen (secondary N) is 2. The molecular formula is C33H43N3O5. The zero-order valence-electron chi connectivity index (χ0n) is 24.9. The van der Waals surface area contributed by atoms with Crippen molar-refractivity contribution in [2.24, 2.45) is 5.92 Å². The van der Waals surface area contributed by atoms with Crippen LogP contribution in [0.1, 0.15) is 72.4 Å². The Hall–Kier alpha value is -4.07. The molecule has 220 valence electrons. The van der Waals surface area contributed by atoms with Gasteiger partial charge >= 0.3 is 6.09 Å². The van der Waals surface area contributed by atoms with Gasteiger partial charge in [-0.25, -0.2) is 4.79 Å². The molecule has 0 bridgehead atoms. The molecule has 0 aromatic heterocycles. The van der Waals surface area contributed by atoms with E-state index in [9.17, 15) is 19.5 Å². The molecule has 3 rings (SSSR count). The number of carbonyl (C=O) groups excluding carboxylic acids is 3. The third-order valence-electron chi connectivity index (χ3n) is 6.95. The number of alkyl carbamates (subject to hydrolysis) is 1. The molecule has 0 saturated heterocycles. The molecule has 0 aliphatic rings. The second-order valence-electron chi connectivity index (χ2n) is 11.4. The van der Waals surface area contributed by atoms with Gasteiger partial charge in [-0.1, -0.05) is 76.1 Å². The first-order chi connectivity index (χ1) is 19.4. The monoisotopic (exact) mass is 561 g/mol. The summed E-state index contributed by atoms with van der Waals surface area (Å²) in [6.07, 6.45) is 1.36. The Kier molecular flexibility index (Phi) is 10.8. The maximum atomic E-state index is 14.3. The van der Waals surface area contributed by atoms with Crippen molar-refractivity contribution in [3.05, 3.63) is 72.3 Å². The third-order valence-corrected chi connectivity index (χ3v) is 6.95. The Morgan fingerprint density at radius 3 is 2.29 bits per heavy atom. The number of amides is 3. The van der Waals surface area contributed by atoms with Crippen LogP contribution in [0, 0.1) is 5.92 Å². The summed E-state index contributed by atoms with van der Waals surface area (Å²) in [5.41, 5.74) is 0.318. The van der Waals surface area contributed by atoms with Crippen molar-refractivity contribution in [1.29, 1.82) is 0 Å². The average Bonchev–Trinajstić information content (AvgIpc) is 2.92. The van der Waals surface area contributed by atoms with Gasteiger partial charge in [0.2, 0.25) is 5.91 Å². The van der Waals surface area contributed by atoms with Gasteiger partial charge in [-0.2, -0.15) is 0 Å². The number of hydrogen-bond donors (Lipinski definition) is 3. The van der Waals surface area contributed by atoms with Gasteiger partial charge in [0, 0.05) is 12.2 Å². The van der Waals surface area contributed by atoms with Crippen LogP contribution in [-0.2, 0) is 14.3 Å². The molecule has 3 amide bonds. The summed E-state index contributed by atoms with van der Waals surface area (Å²) in [5.74, 6) is -1.05. The smallest absolute Gasteiger partial charge is 0.408 e. The van der Waals surface area contributed by atoms with Crippen molar-refractivity contribution in [2.75, 3.05) is 11.9 Å². The number of unbranched alkanes of at least 4 members (excludes halogenated alkanes) is 1. The quantitative estimate of drug-likeness (QED) is 0.239. The molecule has 0 fully saturated rings. The molecule has 0 aliphatic heterocycles. The third kappa shape index (κ3) is 8.71. The van der Waals surface area contributed by atoms with E-state index in [4.69, 9.17) is 4.74 Å². The van der Waals surface area contributed by atoms with Crippen LogP contribution in [0.25, 0.3) is 10.8 Å². The largest absolute Gasteiger partial charge is 0.508 e. The minimum absolute atomic E-state index is 0.0146. The van der Waals surface area contributed by atoms with E-state index in [0.29, 0.717) is 24.1 Å². The van der Waals surface area contributed by atoms with E-state index >= 15 is 0 Å². The molecule has 0 saturated carbocycles. The number of ether oxygens (including phenoxy) is 1. The Morgan fingerprint density at radius 2 is 1.66 bits per heavy atom. The molecule has 8 nitrogen and oxygen atoms in total. The molecule has 8 heteroatoms. The zero-order valence-corrected chi connectivity index (χ0v) is 24.9. The number of phenols is 1. The van der Waals surface area contributed by atoms with E-state index in [1.807, 2.05) is 63.2 Å². The van der Waals surface area contributed by atoms with Crippen LogP contribution < -0.4 is 10.6 Å². The van der Waals surface area contributed by atoms with Crippen molar-refractivity contribution in [3.63, 3.8) is 0 Å². The molecule has 3 aromatic rings. The lowest BCUT2D eigenvalue weighted by Gasteiger charge is -2.36. The number of aromatic hydroxyl groups is 1. The van der Waals surface area contributed by atoms with E-state index < -0.39 is 29.7 Å². The number of anilines is 1. The van der Waals surface area contributed by atoms with Crippen LogP contribution in [0.4, 0.5) is 10.5 Å². The predicted octanol–water partition coefficient (Wildman–Crippen LogP) is 6.79. The minimum Gasteiger partial charge on any atom is -0.508 e. The van der Waals surface area contributed by atoms with Gasteiger partial charge in [0.25, 0.3) is 5.91 Å². The van der Waals surface area contributed by atoms with Gasteiger partial charge in [0.1, 0.15) is 23.4 Å². The maximum absolute atomic E-state index is 14.3. The fourth-order valence-electron chi connectivity index (χ4n) is 4.64. The van der Waals surface area contributed by atoms with Crippen LogP contribution in [0.15, 0.2) is 66.7 Å². The van der Waals surface area contributed by atoms with Crippen molar-refractivity contribution in [2.45, 2.75) is 78.5 Å². The highest BCUT2D eigenvalue weighted by Crippen LogP contribution is 2.29. The Balaban J connectivity index is 2.03. The van der Waals surface area contributed by atoms with Gasteiger partial charge < -0.3 is 25.4 Å². The SMILES string of the molecule is CCCCN(C(=O)C(NC(=O)OC(C)(C)C)C(C)CC)C(C(=O)Nc1ccc2ccccc2c1)c1cccc(O)c1. The molecule has 3 atom stereocenters. The number of benzene rings is 3. The van der Waals surface area contributed by atoms with Crippen LogP contribution in [0.5, 0.6) is 5.75 Å². The second-order valence-corrected chi connectivity index (χ2v) is 11.4. The number of fused-ring (bicyclic) bond motifs is 1. The zero-order chi connectivity index (χ0) is 30.2. The molecule has 0 radical (unpaired) electrons. The minimum atomic E-state index is -1.06. The Bertz CT molecular complexity index is 1350. The van der Waals surface area contributed by atoms with E-state index in [0.717, 1.165) is 17.2 Å². The molecule has 0 spiro atoms. The molecule has 0 aliphatic carbocycles. The average molecular weight is 562 g/mol. The number of phenolic OH excluding ortho intramolecular Hbond substituents is 1. The van der Waals surface area contributed by atoms with Crippen molar-refractivity contribution in [3.8, 4) is 5.75 Å². The van der Waals surface area contributed by atoms with Crippen LogP contribution in [-0.4, -0.2) is 46.1 Å². The number of nitrogens with zero attached hydrogens (tertiary/aromatic N) is 1. The van der Waals surface area contributed by atoms with E-state index in [1.165, 1.54) is 17.0 Å². The summed E-state index contributed by atoms with van der Waals surface area (Å²) in [6, 6.07) is 17.9.